The van der Waals surface area contributed by atoms with Crippen LogP contribution in [0.5, 0.6) is 0 Å². The van der Waals surface area contributed by atoms with E-state index in [2.05, 4.69) is 51.8 Å². The topological polar surface area (TPSA) is 33.1 Å². The first kappa shape index (κ1) is 20.4. The first-order valence-corrected chi connectivity index (χ1v) is 11.0. The summed E-state index contributed by atoms with van der Waals surface area (Å²) in [6.45, 7) is 4.25. The van der Waals surface area contributed by atoms with Crippen molar-refractivity contribution >= 4 is 23.0 Å². The van der Waals surface area contributed by atoms with Gasteiger partial charge in [0.25, 0.3) is 0 Å². The lowest BCUT2D eigenvalue weighted by atomic mass is 9.96. The zero-order valence-electron chi connectivity index (χ0n) is 17.9. The molecular formula is C26H23FN4S. The van der Waals surface area contributed by atoms with Crippen molar-refractivity contribution in [3.05, 3.63) is 114 Å². The van der Waals surface area contributed by atoms with Crippen LogP contribution < -0.4 is 10.2 Å². The molecule has 0 aliphatic carbocycles. The Morgan fingerprint density at radius 1 is 0.906 bits per heavy atom. The van der Waals surface area contributed by atoms with Gasteiger partial charge in [-0.3, -0.25) is 4.98 Å². The molecular weight excluding hydrogens is 419 g/mol. The van der Waals surface area contributed by atoms with Gasteiger partial charge in [0, 0.05) is 29.0 Å². The van der Waals surface area contributed by atoms with Gasteiger partial charge in [-0.2, -0.15) is 0 Å². The maximum Gasteiger partial charge on any atom is 0.174 e. The van der Waals surface area contributed by atoms with Crippen molar-refractivity contribution in [3.8, 4) is 5.69 Å². The summed E-state index contributed by atoms with van der Waals surface area (Å²) in [5, 5.41) is 4.07. The van der Waals surface area contributed by atoms with E-state index >= 15 is 0 Å². The highest BCUT2D eigenvalue weighted by atomic mass is 32.1. The molecule has 2 atom stereocenters. The van der Waals surface area contributed by atoms with Gasteiger partial charge in [0.05, 0.1) is 17.8 Å². The smallest absolute Gasteiger partial charge is 0.174 e. The summed E-state index contributed by atoms with van der Waals surface area (Å²) in [5.41, 5.74) is 6.30. The lowest BCUT2D eigenvalue weighted by molar-refractivity contribution is 0.565. The molecule has 5 rings (SSSR count). The van der Waals surface area contributed by atoms with Gasteiger partial charge in [-0.05, 0) is 86.2 Å². The SMILES string of the molecule is Cc1cc([C@H]2[C@H](c3ccccn3)NC(=S)N2c2ccc(F)cc2)c(C)n1-c1ccccc1. The van der Waals surface area contributed by atoms with Gasteiger partial charge in [0.1, 0.15) is 5.82 Å². The number of pyridine rings is 1. The van der Waals surface area contributed by atoms with Gasteiger partial charge in [-0.25, -0.2) is 4.39 Å². The highest BCUT2D eigenvalue weighted by molar-refractivity contribution is 7.80. The van der Waals surface area contributed by atoms with Crippen LogP contribution in [0.3, 0.4) is 0 Å². The molecule has 1 N–H and O–H groups in total. The Labute approximate surface area is 192 Å². The molecule has 0 amide bonds. The number of aryl methyl sites for hydroxylation is 1. The lowest BCUT2D eigenvalue weighted by Crippen LogP contribution is -2.29. The molecule has 1 aliphatic rings. The zero-order chi connectivity index (χ0) is 22.2. The molecule has 0 bridgehead atoms. The molecule has 0 spiro atoms. The summed E-state index contributed by atoms with van der Waals surface area (Å²) < 4.78 is 15.9. The Bertz CT molecular complexity index is 1250. The van der Waals surface area contributed by atoms with E-state index in [4.69, 9.17) is 12.2 Å². The number of benzene rings is 2. The maximum atomic E-state index is 13.7. The van der Waals surface area contributed by atoms with Crippen LogP contribution >= 0.6 is 12.2 Å². The normalized spacial score (nSPS) is 18.1. The number of nitrogens with zero attached hydrogens (tertiary/aromatic N) is 3. The fourth-order valence-corrected chi connectivity index (χ4v) is 4.96. The first-order chi connectivity index (χ1) is 15.5. The molecule has 1 fully saturated rings. The molecule has 32 heavy (non-hydrogen) atoms. The van der Waals surface area contributed by atoms with E-state index in [9.17, 15) is 4.39 Å². The summed E-state index contributed by atoms with van der Waals surface area (Å²) in [6.07, 6.45) is 1.80. The quantitative estimate of drug-likeness (QED) is 0.405. The molecule has 4 nitrogen and oxygen atoms in total. The minimum atomic E-state index is -0.271. The van der Waals surface area contributed by atoms with Gasteiger partial charge < -0.3 is 14.8 Å². The summed E-state index contributed by atoms with van der Waals surface area (Å²) >= 11 is 5.77. The van der Waals surface area contributed by atoms with Crippen LogP contribution in [-0.4, -0.2) is 14.7 Å². The van der Waals surface area contributed by atoms with Crippen molar-refractivity contribution in [1.29, 1.82) is 0 Å². The second kappa shape index (κ2) is 8.20. The van der Waals surface area contributed by atoms with Crippen molar-refractivity contribution in [1.82, 2.24) is 14.9 Å². The van der Waals surface area contributed by atoms with Crippen LogP contribution in [0, 0.1) is 19.7 Å². The van der Waals surface area contributed by atoms with E-state index in [1.807, 2.05) is 36.4 Å². The second-order valence-corrected chi connectivity index (χ2v) is 8.36. The molecule has 0 radical (unpaired) electrons. The number of nitrogens with one attached hydrogen (secondary N) is 1. The molecule has 1 saturated heterocycles. The Morgan fingerprint density at radius 3 is 2.31 bits per heavy atom. The van der Waals surface area contributed by atoms with E-state index in [1.54, 1.807) is 18.3 Å². The Balaban J connectivity index is 1.68. The standard InChI is InChI=1S/C26H23FN4S/c1-17-16-22(18(2)30(17)20-8-4-3-5-9-20)25-24(23-10-6-7-15-28-23)29-26(32)31(25)21-13-11-19(27)12-14-21/h3-16,24-25H,1-2H3,(H,29,32)/t24-,25-/m0/s1. The third kappa shape index (κ3) is 3.46. The van der Waals surface area contributed by atoms with E-state index in [0.29, 0.717) is 5.11 Å². The molecule has 4 aromatic rings. The van der Waals surface area contributed by atoms with Crippen molar-refractivity contribution in [2.75, 3.05) is 4.90 Å². The number of anilines is 1. The average Bonchev–Trinajstić information content (AvgIpc) is 3.31. The summed E-state index contributed by atoms with van der Waals surface area (Å²) in [5.74, 6) is -0.271. The summed E-state index contributed by atoms with van der Waals surface area (Å²) in [7, 11) is 0. The zero-order valence-corrected chi connectivity index (χ0v) is 18.7. The van der Waals surface area contributed by atoms with Crippen molar-refractivity contribution in [3.63, 3.8) is 0 Å². The molecule has 2 aromatic heterocycles. The van der Waals surface area contributed by atoms with E-state index in [1.165, 1.54) is 12.1 Å². The van der Waals surface area contributed by atoms with E-state index in [-0.39, 0.29) is 17.9 Å². The van der Waals surface area contributed by atoms with Crippen LogP contribution in [0.2, 0.25) is 0 Å². The second-order valence-electron chi connectivity index (χ2n) is 7.97. The first-order valence-electron chi connectivity index (χ1n) is 10.5. The molecule has 160 valence electrons. The molecule has 1 aliphatic heterocycles. The molecule has 0 unspecified atom stereocenters. The van der Waals surface area contributed by atoms with Gasteiger partial charge in [-0.1, -0.05) is 24.3 Å². The number of hydrogen-bond acceptors (Lipinski definition) is 2. The van der Waals surface area contributed by atoms with Crippen LogP contribution in [-0.2, 0) is 0 Å². The van der Waals surface area contributed by atoms with Crippen molar-refractivity contribution in [2.45, 2.75) is 25.9 Å². The van der Waals surface area contributed by atoms with Gasteiger partial charge in [0.2, 0.25) is 0 Å². The number of aromatic nitrogens is 2. The van der Waals surface area contributed by atoms with Crippen LogP contribution in [0.4, 0.5) is 10.1 Å². The number of rotatable bonds is 4. The molecule has 6 heteroatoms. The summed E-state index contributed by atoms with van der Waals surface area (Å²) in [6, 6.07) is 24.6. The fraction of sp³-hybridized carbons (Fsp3) is 0.154. The van der Waals surface area contributed by atoms with Gasteiger partial charge in [-0.15, -0.1) is 0 Å². The third-order valence-electron chi connectivity index (χ3n) is 6.01. The van der Waals surface area contributed by atoms with Gasteiger partial charge >= 0.3 is 0 Å². The summed E-state index contributed by atoms with van der Waals surface area (Å²) in [4.78, 5) is 6.69. The largest absolute Gasteiger partial charge is 0.351 e. The molecule has 0 saturated carbocycles. The van der Waals surface area contributed by atoms with E-state index < -0.39 is 0 Å². The number of halogens is 1. The van der Waals surface area contributed by atoms with Crippen LogP contribution in [0.15, 0.2) is 85.1 Å². The molecule has 3 heterocycles. The maximum absolute atomic E-state index is 13.7. The predicted molar refractivity (Wildman–Crippen MR) is 130 cm³/mol. The minimum absolute atomic E-state index is 0.133. The van der Waals surface area contributed by atoms with Crippen molar-refractivity contribution in [2.24, 2.45) is 0 Å². The molecule has 2 aromatic carbocycles. The minimum Gasteiger partial charge on any atom is -0.351 e. The van der Waals surface area contributed by atoms with E-state index in [0.717, 1.165) is 34.0 Å². The monoisotopic (exact) mass is 442 g/mol. The fourth-order valence-electron chi connectivity index (χ4n) is 4.61. The predicted octanol–water partition coefficient (Wildman–Crippen LogP) is 5.81. The highest BCUT2D eigenvalue weighted by Gasteiger charge is 2.42. The Kier molecular flexibility index (Phi) is 5.23. The third-order valence-corrected chi connectivity index (χ3v) is 6.32. The Morgan fingerprint density at radius 2 is 1.62 bits per heavy atom. The number of hydrogen-bond donors (Lipinski definition) is 1. The number of thiocarbonyl (C=S) groups is 1. The van der Waals surface area contributed by atoms with Crippen LogP contribution in [0.25, 0.3) is 5.69 Å². The Hall–Kier alpha value is -3.51. The highest BCUT2D eigenvalue weighted by Crippen LogP contribution is 2.43. The number of para-hydroxylation sites is 1. The average molecular weight is 443 g/mol. The lowest BCUT2D eigenvalue weighted by Gasteiger charge is -2.28. The van der Waals surface area contributed by atoms with Crippen LogP contribution in [0.1, 0.15) is 34.7 Å². The van der Waals surface area contributed by atoms with Gasteiger partial charge in [0.15, 0.2) is 5.11 Å². The van der Waals surface area contributed by atoms with Crippen molar-refractivity contribution < 1.29 is 4.39 Å².